The third-order valence-corrected chi connectivity index (χ3v) is 3.64. The third-order valence-electron chi connectivity index (χ3n) is 3.64. The van der Waals surface area contributed by atoms with Gasteiger partial charge < -0.3 is 9.15 Å². The maximum Gasteiger partial charge on any atom is 0.146 e. The lowest BCUT2D eigenvalue weighted by Gasteiger charge is -2.09. The molecule has 0 amide bonds. The Morgan fingerprint density at radius 1 is 1.00 bits per heavy atom. The molecule has 3 aromatic heterocycles. The number of ether oxygens (including phenoxy) is 1. The van der Waals surface area contributed by atoms with E-state index in [4.69, 9.17) is 9.15 Å². The minimum absolute atomic E-state index is 0.415. The third kappa shape index (κ3) is 2.92. The molecule has 0 atom stereocenters. The number of hydrogen-bond donors (Lipinski definition) is 0. The highest BCUT2D eigenvalue weighted by Gasteiger charge is 2.08. The Hall–Kier alpha value is -3.34. The highest BCUT2D eigenvalue weighted by Crippen LogP contribution is 2.22. The van der Waals surface area contributed by atoms with Crippen molar-refractivity contribution in [3.63, 3.8) is 0 Å². The summed E-state index contributed by atoms with van der Waals surface area (Å²) in [5.74, 6) is 2.44. The molecule has 0 aliphatic heterocycles. The van der Waals surface area contributed by atoms with Crippen LogP contribution in [-0.2, 0) is 6.61 Å². The molecule has 3 heterocycles. The van der Waals surface area contributed by atoms with E-state index in [1.807, 2.05) is 59.3 Å². The number of hydrogen-bond acceptors (Lipinski definition) is 4. The minimum Gasteiger partial charge on any atom is -0.486 e. The molecule has 5 heteroatoms. The molecule has 1 aromatic carbocycles. The fourth-order valence-corrected chi connectivity index (χ4v) is 2.47. The number of nitrogens with zero attached hydrogens (tertiary/aromatic N) is 3. The summed E-state index contributed by atoms with van der Waals surface area (Å²) in [7, 11) is 0. The average Bonchev–Trinajstić information content (AvgIpc) is 3.33. The van der Waals surface area contributed by atoms with Gasteiger partial charge in [-0.25, -0.2) is 4.98 Å². The second kappa shape index (κ2) is 6.42. The fourth-order valence-electron chi connectivity index (χ4n) is 2.47. The number of pyridine rings is 1. The van der Waals surface area contributed by atoms with Crippen LogP contribution in [0.25, 0.3) is 17.1 Å². The van der Waals surface area contributed by atoms with Gasteiger partial charge in [-0.15, -0.1) is 0 Å². The van der Waals surface area contributed by atoms with Crippen LogP contribution in [0.5, 0.6) is 5.75 Å². The van der Waals surface area contributed by atoms with Gasteiger partial charge in [0.05, 0.1) is 6.26 Å². The molecule has 0 saturated heterocycles. The lowest BCUT2D eigenvalue weighted by atomic mass is 10.2. The monoisotopic (exact) mass is 317 g/mol. The molecule has 0 unspecified atom stereocenters. The van der Waals surface area contributed by atoms with Gasteiger partial charge >= 0.3 is 0 Å². The normalized spacial score (nSPS) is 10.7. The Morgan fingerprint density at radius 2 is 1.92 bits per heavy atom. The Balaban J connectivity index is 1.54. The van der Waals surface area contributed by atoms with Crippen molar-refractivity contribution in [2.75, 3.05) is 0 Å². The van der Waals surface area contributed by atoms with E-state index < -0.39 is 0 Å². The topological polar surface area (TPSA) is 53.1 Å². The van der Waals surface area contributed by atoms with Crippen LogP contribution in [0, 0.1) is 0 Å². The number of benzene rings is 1. The Labute approximate surface area is 139 Å². The molecule has 0 radical (unpaired) electrons. The molecule has 0 fully saturated rings. The zero-order valence-corrected chi connectivity index (χ0v) is 12.9. The van der Waals surface area contributed by atoms with Crippen LogP contribution in [0.15, 0.2) is 84.0 Å². The first kappa shape index (κ1) is 14.3. The van der Waals surface area contributed by atoms with Crippen molar-refractivity contribution in [2.24, 2.45) is 0 Å². The zero-order chi connectivity index (χ0) is 16.2. The molecule has 0 saturated carbocycles. The molecule has 0 bridgehead atoms. The predicted octanol–water partition coefficient (Wildman–Crippen LogP) is 4.11. The van der Waals surface area contributed by atoms with E-state index in [1.165, 1.54) is 0 Å². The minimum atomic E-state index is 0.415. The van der Waals surface area contributed by atoms with Crippen LogP contribution >= 0.6 is 0 Å². The second-order valence-corrected chi connectivity index (χ2v) is 5.22. The van der Waals surface area contributed by atoms with Gasteiger partial charge in [0.2, 0.25) is 0 Å². The van der Waals surface area contributed by atoms with Crippen LogP contribution in [0.4, 0.5) is 0 Å². The van der Waals surface area contributed by atoms with Crippen LogP contribution in [0.2, 0.25) is 0 Å². The van der Waals surface area contributed by atoms with Crippen molar-refractivity contribution in [1.29, 1.82) is 0 Å². The lowest BCUT2D eigenvalue weighted by molar-refractivity contribution is 0.270. The predicted molar refractivity (Wildman–Crippen MR) is 89.8 cm³/mol. The summed E-state index contributed by atoms with van der Waals surface area (Å²) >= 11 is 0. The van der Waals surface area contributed by atoms with E-state index in [1.54, 1.807) is 24.9 Å². The zero-order valence-electron chi connectivity index (χ0n) is 12.9. The van der Waals surface area contributed by atoms with E-state index in [-0.39, 0.29) is 0 Å². The Bertz CT molecular complexity index is 897. The van der Waals surface area contributed by atoms with E-state index in [2.05, 4.69) is 9.97 Å². The fraction of sp³-hybridized carbons (Fsp3) is 0.0526. The first-order chi connectivity index (χ1) is 11.9. The largest absolute Gasteiger partial charge is 0.486 e. The SMILES string of the molecule is c1cncc(-c2nccn2-c2ccc(OCc3ccco3)cc2)c1. The summed E-state index contributed by atoms with van der Waals surface area (Å²) in [6.45, 7) is 0.415. The Morgan fingerprint density at radius 3 is 2.67 bits per heavy atom. The molecular weight excluding hydrogens is 302 g/mol. The molecule has 4 rings (SSSR count). The molecule has 5 nitrogen and oxygen atoms in total. The highest BCUT2D eigenvalue weighted by molar-refractivity contribution is 5.57. The van der Waals surface area contributed by atoms with Gasteiger partial charge in [-0.2, -0.15) is 0 Å². The standard InChI is InChI=1S/C19H15N3O2/c1-3-15(13-20-9-1)19-21-10-11-22(19)16-5-7-17(8-6-16)24-14-18-4-2-12-23-18/h1-13H,14H2. The van der Waals surface area contributed by atoms with Crippen molar-refractivity contribution in [2.45, 2.75) is 6.61 Å². The van der Waals surface area contributed by atoms with Gasteiger partial charge in [0.1, 0.15) is 23.9 Å². The van der Waals surface area contributed by atoms with Gasteiger partial charge in [0.25, 0.3) is 0 Å². The molecule has 0 aliphatic rings. The Kier molecular flexibility index (Phi) is 3.81. The van der Waals surface area contributed by atoms with Gasteiger partial charge in [-0.1, -0.05) is 0 Å². The van der Waals surface area contributed by atoms with Crippen LogP contribution in [0.3, 0.4) is 0 Å². The summed E-state index contributed by atoms with van der Waals surface area (Å²) in [5, 5.41) is 0. The van der Waals surface area contributed by atoms with E-state index in [0.29, 0.717) is 6.61 Å². The van der Waals surface area contributed by atoms with Crippen molar-refractivity contribution in [3.05, 3.63) is 85.3 Å². The summed E-state index contributed by atoms with van der Waals surface area (Å²) < 4.78 is 13.0. The first-order valence-corrected chi connectivity index (χ1v) is 7.59. The maximum absolute atomic E-state index is 5.71. The van der Waals surface area contributed by atoms with E-state index in [0.717, 1.165) is 28.6 Å². The van der Waals surface area contributed by atoms with Crippen molar-refractivity contribution < 1.29 is 9.15 Å². The van der Waals surface area contributed by atoms with Crippen LogP contribution < -0.4 is 4.74 Å². The second-order valence-electron chi connectivity index (χ2n) is 5.22. The number of imidazole rings is 1. The van der Waals surface area contributed by atoms with Gasteiger partial charge in [0.15, 0.2) is 0 Å². The molecule has 0 N–H and O–H groups in total. The van der Waals surface area contributed by atoms with Gasteiger partial charge in [-0.3, -0.25) is 9.55 Å². The molecule has 0 aliphatic carbocycles. The molecule has 4 aromatic rings. The number of furan rings is 1. The number of rotatable bonds is 5. The molecular formula is C19H15N3O2. The van der Waals surface area contributed by atoms with E-state index >= 15 is 0 Å². The summed E-state index contributed by atoms with van der Waals surface area (Å²) in [4.78, 5) is 8.59. The lowest BCUT2D eigenvalue weighted by Crippen LogP contribution is -1.97. The van der Waals surface area contributed by atoms with Gasteiger partial charge in [-0.05, 0) is 48.5 Å². The summed E-state index contributed by atoms with van der Waals surface area (Å²) in [5.41, 5.74) is 1.98. The molecule has 24 heavy (non-hydrogen) atoms. The van der Waals surface area contributed by atoms with Crippen LogP contribution in [0.1, 0.15) is 5.76 Å². The molecule has 0 spiro atoms. The van der Waals surface area contributed by atoms with E-state index in [9.17, 15) is 0 Å². The maximum atomic E-state index is 5.71. The summed E-state index contributed by atoms with van der Waals surface area (Å²) in [6.07, 6.45) is 8.91. The average molecular weight is 317 g/mol. The summed E-state index contributed by atoms with van der Waals surface area (Å²) in [6, 6.07) is 15.5. The first-order valence-electron chi connectivity index (χ1n) is 7.59. The highest BCUT2D eigenvalue weighted by atomic mass is 16.5. The van der Waals surface area contributed by atoms with Gasteiger partial charge in [0, 0.05) is 36.0 Å². The number of aromatic nitrogens is 3. The van der Waals surface area contributed by atoms with Crippen molar-refractivity contribution >= 4 is 0 Å². The van der Waals surface area contributed by atoms with Crippen molar-refractivity contribution in [3.8, 4) is 22.8 Å². The quantitative estimate of drug-likeness (QED) is 0.556. The smallest absolute Gasteiger partial charge is 0.146 e. The van der Waals surface area contributed by atoms with Crippen LogP contribution in [-0.4, -0.2) is 14.5 Å². The van der Waals surface area contributed by atoms with Crippen molar-refractivity contribution in [1.82, 2.24) is 14.5 Å². The molecule has 118 valence electrons.